The highest BCUT2D eigenvalue weighted by Gasteiger charge is 2.13. The summed E-state index contributed by atoms with van der Waals surface area (Å²) in [6, 6.07) is 8.69. The quantitative estimate of drug-likeness (QED) is 0.451. The summed E-state index contributed by atoms with van der Waals surface area (Å²) in [5.41, 5.74) is 8.32. The molecule has 1 fully saturated rings. The van der Waals surface area contributed by atoms with Gasteiger partial charge in [0.15, 0.2) is 5.96 Å². The fourth-order valence-electron chi connectivity index (χ4n) is 2.68. The van der Waals surface area contributed by atoms with Crippen molar-refractivity contribution in [3.8, 4) is 0 Å². The molecule has 4 nitrogen and oxygen atoms in total. The monoisotopic (exact) mass is 403 g/mol. The zero-order valence-electron chi connectivity index (χ0n) is 12.7. The molecule has 118 valence electrons. The van der Waals surface area contributed by atoms with Gasteiger partial charge in [0.1, 0.15) is 0 Å². The summed E-state index contributed by atoms with van der Waals surface area (Å²) < 4.78 is 5.20. The van der Waals surface area contributed by atoms with Crippen LogP contribution in [0.2, 0.25) is 0 Å². The van der Waals surface area contributed by atoms with Gasteiger partial charge in [-0.2, -0.15) is 0 Å². The molecule has 0 unspecified atom stereocenters. The molecule has 1 aliphatic rings. The molecule has 3 N–H and O–H groups in total. The van der Waals surface area contributed by atoms with Crippen LogP contribution in [0.4, 0.5) is 0 Å². The van der Waals surface area contributed by atoms with Crippen molar-refractivity contribution < 1.29 is 4.74 Å². The Kier molecular flexibility index (Phi) is 8.68. The van der Waals surface area contributed by atoms with Gasteiger partial charge < -0.3 is 15.8 Å². The van der Waals surface area contributed by atoms with Crippen molar-refractivity contribution >= 4 is 29.9 Å². The summed E-state index contributed by atoms with van der Waals surface area (Å²) in [7, 11) is 1.71. The third-order valence-electron chi connectivity index (χ3n) is 3.80. The molecule has 1 aromatic rings. The third kappa shape index (κ3) is 6.22. The number of halogens is 1. The Labute approximate surface area is 144 Å². The van der Waals surface area contributed by atoms with Gasteiger partial charge in [-0.25, -0.2) is 4.99 Å². The molecule has 0 radical (unpaired) electrons. The van der Waals surface area contributed by atoms with Gasteiger partial charge in [-0.05, 0) is 24.0 Å². The number of hydrogen-bond donors (Lipinski definition) is 2. The maximum Gasteiger partial charge on any atom is 0.189 e. The highest BCUT2D eigenvalue weighted by Crippen LogP contribution is 2.17. The molecule has 0 atom stereocenters. The number of hydrogen-bond acceptors (Lipinski definition) is 2. The summed E-state index contributed by atoms with van der Waals surface area (Å²) in [6.45, 7) is 1.22. The van der Waals surface area contributed by atoms with E-state index in [9.17, 15) is 0 Å². The molecule has 21 heavy (non-hydrogen) atoms. The summed E-state index contributed by atoms with van der Waals surface area (Å²) >= 11 is 0. The number of nitrogens with one attached hydrogen (secondary N) is 1. The first kappa shape index (κ1) is 18.2. The average molecular weight is 403 g/mol. The lowest BCUT2D eigenvalue weighted by molar-refractivity contribution is 0.184. The van der Waals surface area contributed by atoms with Gasteiger partial charge in [0.2, 0.25) is 0 Å². The zero-order valence-corrected chi connectivity index (χ0v) is 15.0. The van der Waals surface area contributed by atoms with Gasteiger partial charge >= 0.3 is 0 Å². The number of nitrogens with two attached hydrogens (primary N) is 1. The Morgan fingerprint density at radius 2 is 1.90 bits per heavy atom. The van der Waals surface area contributed by atoms with Gasteiger partial charge in [0.05, 0.1) is 13.2 Å². The van der Waals surface area contributed by atoms with Crippen molar-refractivity contribution in [3.63, 3.8) is 0 Å². The molecular formula is C16H26IN3O. The molecular weight excluding hydrogens is 377 g/mol. The first-order chi connectivity index (χ1) is 9.79. The second-order valence-electron chi connectivity index (χ2n) is 5.38. The van der Waals surface area contributed by atoms with Crippen LogP contribution in [0, 0.1) is 0 Å². The van der Waals surface area contributed by atoms with Crippen molar-refractivity contribution in [1.82, 2.24) is 5.32 Å². The Bertz CT molecular complexity index is 445. The summed E-state index contributed by atoms with van der Waals surface area (Å²) in [5.74, 6) is 0.559. The maximum absolute atomic E-state index is 5.98. The number of benzene rings is 1. The lowest BCUT2D eigenvalue weighted by Gasteiger charge is -2.23. The Morgan fingerprint density at radius 1 is 1.24 bits per heavy atom. The molecule has 0 heterocycles. The van der Waals surface area contributed by atoms with Crippen molar-refractivity contribution in [1.29, 1.82) is 0 Å². The highest BCUT2D eigenvalue weighted by atomic mass is 127. The van der Waals surface area contributed by atoms with Crippen LogP contribution in [-0.2, 0) is 17.9 Å². The molecule has 1 saturated carbocycles. The molecule has 0 bridgehead atoms. The predicted molar refractivity (Wildman–Crippen MR) is 97.9 cm³/mol. The highest BCUT2D eigenvalue weighted by molar-refractivity contribution is 14.0. The number of methoxy groups -OCH3 is 1. The van der Waals surface area contributed by atoms with E-state index in [1.807, 2.05) is 12.1 Å². The van der Waals surface area contributed by atoms with Gasteiger partial charge in [-0.15, -0.1) is 24.0 Å². The number of guanidine groups is 1. The molecule has 0 spiro atoms. The van der Waals surface area contributed by atoms with E-state index in [1.54, 1.807) is 7.11 Å². The molecule has 1 aliphatic carbocycles. The molecule has 5 heteroatoms. The molecule has 2 rings (SSSR count). The van der Waals surface area contributed by atoms with Crippen molar-refractivity contribution in [3.05, 3.63) is 35.4 Å². The van der Waals surface area contributed by atoms with E-state index in [0.29, 0.717) is 25.2 Å². The molecule has 0 amide bonds. The minimum Gasteiger partial charge on any atom is -0.380 e. The Hall–Kier alpha value is -0.820. The van der Waals surface area contributed by atoms with Crippen LogP contribution in [0.3, 0.4) is 0 Å². The van der Waals surface area contributed by atoms with Crippen molar-refractivity contribution in [2.45, 2.75) is 51.3 Å². The second kappa shape index (κ2) is 10.00. The van der Waals surface area contributed by atoms with E-state index < -0.39 is 0 Å². The van der Waals surface area contributed by atoms with Crippen LogP contribution in [0.1, 0.15) is 43.2 Å². The SMILES string of the molecule is COCc1ccccc1CN=C(N)NC1CCCCC1.I. The molecule has 0 saturated heterocycles. The minimum absolute atomic E-state index is 0. The Morgan fingerprint density at radius 3 is 2.57 bits per heavy atom. The minimum atomic E-state index is 0. The van der Waals surface area contributed by atoms with Crippen molar-refractivity contribution in [2.24, 2.45) is 10.7 Å². The van der Waals surface area contributed by atoms with Gasteiger partial charge in [-0.1, -0.05) is 43.5 Å². The van der Waals surface area contributed by atoms with E-state index in [-0.39, 0.29) is 24.0 Å². The fourth-order valence-corrected chi connectivity index (χ4v) is 2.68. The zero-order chi connectivity index (χ0) is 14.2. The van der Waals surface area contributed by atoms with Crippen molar-refractivity contribution in [2.75, 3.05) is 7.11 Å². The Balaban J connectivity index is 0.00000220. The lowest BCUT2D eigenvalue weighted by atomic mass is 9.96. The summed E-state index contributed by atoms with van der Waals surface area (Å²) in [5, 5.41) is 3.34. The average Bonchev–Trinajstić information content (AvgIpc) is 2.48. The maximum atomic E-state index is 5.98. The van der Waals surface area contributed by atoms with Crippen LogP contribution in [-0.4, -0.2) is 19.1 Å². The van der Waals surface area contributed by atoms with Gasteiger partial charge in [0, 0.05) is 13.2 Å². The second-order valence-corrected chi connectivity index (χ2v) is 5.38. The topological polar surface area (TPSA) is 59.6 Å². The number of aliphatic imine (C=N–C) groups is 1. The smallest absolute Gasteiger partial charge is 0.189 e. The number of nitrogens with zero attached hydrogens (tertiary/aromatic N) is 1. The lowest BCUT2D eigenvalue weighted by Crippen LogP contribution is -2.41. The first-order valence-electron chi connectivity index (χ1n) is 7.42. The normalized spacial score (nSPS) is 16.3. The molecule has 0 aliphatic heterocycles. The first-order valence-corrected chi connectivity index (χ1v) is 7.42. The third-order valence-corrected chi connectivity index (χ3v) is 3.80. The van der Waals surface area contributed by atoms with Gasteiger partial charge in [-0.3, -0.25) is 0 Å². The van der Waals surface area contributed by atoms with E-state index in [2.05, 4.69) is 22.4 Å². The van der Waals surface area contributed by atoms with E-state index in [0.717, 1.165) is 0 Å². The number of rotatable bonds is 5. The predicted octanol–water partition coefficient (Wildman–Crippen LogP) is 3.19. The van der Waals surface area contributed by atoms with Gasteiger partial charge in [0.25, 0.3) is 0 Å². The van der Waals surface area contributed by atoms with E-state index >= 15 is 0 Å². The van der Waals surface area contributed by atoms with Crippen LogP contribution in [0.5, 0.6) is 0 Å². The fraction of sp³-hybridized carbons (Fsp3) is 0.562. The standard InChI is InChI=1S/C16H25N3O.HI/c1-20-12-14-8-6-5-7-13(14)11-18-16(17)19-15-9-3-2-4-10-15;/h5-8,15H,2-4,9-12H2,1H3,(H3,17,18,19);1H. The molecule has 0 aromatic heterocycles. The van der Waals surface area contributed by atoms with E-state index in [4.69, 9.17) is 10.5 Å². The molecule has 1 aromatic carbocycles. The van der Waals surface area contributed by atoms with Crippen LogP contribution < -0.4 is 11.1 Å². The largest absolute Gasteiger partial charge is 0.380 e. The van der Waals surface area contributed by atoms with E-state index in [1.165, 1.54) is 43.2 Å². The van der Waals surface area contributed by atoms with Crippen LogP contribution in [0.25, 0.3) is 0 Å². The summed E-state index contributed by atoms with van der Waals surface area (Å²) in [4.78, 5) is 4.46. The van der Waals surface area contributed by atoms with Crippen LogP contribution in [0.15, 0.2) is 29.3 Å². The van der Waals surface area contributed by atoms with Crippen LogP contribution >= 0.6 is 24.0 Å². The number of ether oxygens (including phenoxy) is 1. The summed E-state index contributed by atoms with van der Waals surface area (Å²) in [6.07, 6.45) is 6.34.